The Morgan fingerprint density at radius 2 is 1.84 bits per heavy atom. The number of carbonyl (C=O) groups is 1. The van der Waals surface area contributed by atoms with Crippen molar-refractivity contribution in [2.45, 2.75) is 0 Å². The minimum atomic E-state index is -1.55. The van der Waals surface area contributed by atoms with Crippen molar-refractivity contribution >= 4 is 40.1 Å². The zero-order valence-electron chi connectivity index (χ0n) is 9.88. The van der Waals surface area contributed by atoms with Crippen molar-refractivity contribution in [2.24, 2.45) is 0 Å². The van der Waals surface area contributed by atoms with Gasteiger partial charge in [0.15, 0.2) is 0 Å². The van der Waals surface area contributed by atoms with Crippen molar-refractivity contribution in [1.29, 1.82) is 0 Å². The summed E-state index contributed by atoms with van der Waals surface area (Å²) in [6.07, 6.45) is 0. The van der Waals surface area contributed by atoms with Gasteiger partial charge in [0.1, 0.15) is 0 Å². The lowest BCUT2D eigenvalue weighted by Crippen LogP contribution is -2.30. The summed E-state index contributed by atoms with van der Waals surface area (Å²) in [5.74, 6) is -0.258. The lowest BCUT2D eigenvalue weighted by molar-refractivity contribution is 0.102. The molecule has 0 aliphatic heterocycles. The summed E-state index contributed by atoms with van der Waals surface area (Å²) in [7, 11) is -1.55. The molecule has 0 saturated carbocycles. The highest BCUT2D eigenvalue weighted by atomic mass is 79.9. The second kappa shape index (κ2) is 6.01. The third-order valence-electron chi connectivity index (χ3n) is 2.53. The van der Waals surface area contributed by atoms with Crippen LogP contribution in [0.25, 0.3) is 0 Å². The molecule has 4 nitrogen and oxygen atoms in total. The molecule has 0 fully saturated rings. The van der Waals surface area contributed by atoms with E-state index in [1.165, 1.54) is 6.07 Å². The van der Waals surface area contributed by atoms with Crippen molar-refractivity contribution in [3.63, 3.8) is 0 Å². The summed E-state index contributed by atoms with van der Waals surface area (Å²) in [6.45, 7) is 0. The molecule has 0 aromatic heterocycles. The van der Waals surface area contributed by atoms with Gasteiger partial charge < -0.3 is 15.4 Å². The van der Waals surface area contributed by atoms with Crippen LogP contribution in [-0.2, 0) is 0 Å². The van der Waals surface area contributed by atoms with E-state index in [1.54, 1.807) is 36.4 Å². The van der Waals surface area contributed by atoms with Gasteiger partial charge in [0, 0.05) is 15.7 Å². The van der Waals surface area contributed by atoms with Gasteiger partial charge in [0.2, 0.25) is 0 Å². The second-order valence-electron chi connectivity index (χ2n) is 3.96. The lowest BCUT2D eigenvalue weighted by Gasteiger charge is -2.07. The van der Waals surface area contributed by atoms with Gasteiger partial charge in [0.05, 0.1) is 0 Å². The quantitative estimate of drug-likeness (QED) is 0.749. The van der Waals surface area contributed by atoms with E-state index in [1.807, 2.05) is 6.07 Å². The molecule has 0 bridgehead atoms. The fraction of sp³-hybridized carbons (Fsp3) is 0. The number of anilines is 1. The van der Waals surface area contributed by atoms with E-state index in [0.29, 0.717) is 16.7 Å². The molecule has 0 spiro atoms. The van der Waals surface area contributed by atoms with Crippen molar-refractivity contribution in [3.05, 3.63) is 58.6 Å². The molecule has 19 heavy (non-hydrogen) atoms. The molecular weight excluding hydrogens is 309 g/mol. The van der Waals surface area contributed by atoms with E-state index in [0.717, 1.165) is 4.47 Å². The molecule has 2 aromatic carbocycles. The Morgan fingerprint density at radius 3 is 2.53 bits per heavy atom. The van der Waals surface area contributed by atoms with Crippen molar-refractivity contribution in [2.75, 3.05) is 5.32 Å². The molecule has 2 aromatic rings. The van der Waals surface area contributed by atoms with Crippen LogP contribution in [0, 0.1) is 0 Å². The maximum atomic E-state index is 12.0. The van der Waals surface area contributed by atoms with Gasteiger partial charge in [-0.2, -0.15) is 0 Å². The number of carbonyl (C=O) groups excluding carboxylic acids is 1. The van der Waals surface area contributed by atoms with Crippen LogP contribution in [0.2, 0.25) is 0 Å². The average Bonchev–Trinajstić information content (AvgIpc) is 2.39. The van der Waals surface area contributed by atoms with Gasteiger partial charge in [-0.25, -0.2) is 0 Å². The van der Waals surface area contributed by atoms with Crippen molar-refractivity contribution < 1.29 is 14.8 Å². The topological polar surface area (TPSA) is 69.6 Å². The first kappa shape index (κ1) is 13.8. The van der Waals surface area contributed by atoms with Crippen molar-refractivity contribution in [3.8, 4) is 0 Å². The highest BCUT2D eigenvalue weighted by molar-refractivity contribution is 9.10. The Morgan fingerprint density at radius 1 is 1.11 bits per heavy atom. The van der Waals surface area contributed by atoms with Crippen LogP contribution in [0.5, 0.6) is 0 Å². The number of nitrogens with one attached hydrogen (secondary N) is 1. The minimum Gasteiger partial charge on any atom is -0.423 e. The molecule has 3 N–H and O–H groups in total. The molecular formula is C13H11BBrNO3. The molecule has 0 aliphatic carbocycles. The van der Waals surface area contributed by atoms with E-state index in [4.69, 9.17) is 10.0 Å². The Bertz CT molecular complexity index is 604. The molecule has 1 amide bonds. The van der Waals surface area contributed by atoms with E-state index >= 15 is 0 Å². The van der Waals surface area contributed by atoms with Gasteiger partial charge in [-0.15, -0.1) is 0 Å². The van der Waals surface area contributed by atoms with Crippen LogP contribution in [0.15, 0.2) is 53.0 Å². The fourth-order valence-electron chi connectivity index (χ4n) is 1.61. The maximum absolute atomic E-state index is 12.0. The first-order valence-electron chi connectivity index (χ1n) is 5.59. The van der Waals surface area contributed by atoms with E-state index in [2.05, 4.69) is 21.2 Å². The smallest absolute Gasteiger partial charge is 0.423 e. The monoisotopic (exact) mass is 319 g/mol. The number of halogens is 1. The zero-order valence-corrected chi connectivity index (χ0v) is 11.5. The maximum Gasteiger partial charge on any atom is 0.488 e. The first-order chi connectivity index (χ1) is 9.06. The van der Waals surface area contributed by atoms with Crippen molar-refractivity contribution in [1.82, 2.24) is 0 Å². The summed E-state index contributed by atoms with van der Waals surface area (Å²) < 4.78 is 0.819. The number of hydrogen-bond donors (Lipinski definition) is 3. The Hall–Kier alpha value is -1.63. The number of benzene rings is 2. The first-order valence-corrected chi connectivity index (χ1v) is 6.38. The largest absolute Gasteiger partial charge is 0.488 e. The van der Waals surface area contributed by atoms with Gasteiger partial charge in [0.25, 0.3) is 5.91 Å². The molecule has 0 unspecified atom stereocenters. The molecule has 0 atom stereocenters. The molecule has 0 radical (unpaired) electrons. The zero-order chi connectivity index (χ0) is 13.8. The molecule has 96 valence electrons. The lowest BCUT2D eigenvalue weighted by atomic mass is 9.80. The normalized spacial score (nSPS) is 10.1. The second-order valence-corrected chi connectivity index (χ2v) is 4.88. The molecule has 0 heterocycles. The number of amides is 1. The Kier molecular flexibility index (Phi) is 4.37. The molecule has 6 heteroatoms. The highest BCUT2D eigenvalue weighted by Crippen LogP contribution is 2.13. The van der Waals surface area contributed by atoms with Crippen LogP contribution >= 0.6 is 15.9 Å². The van der Waals surface area contributed by atoms with Gasteiger partial charge in [-0.3, -0.25) is 4.79 Å². The molecule has 0 saturated heterocycles. The van der Waals surface area contributed by atoms with Crippen LogP contribution in [0.1, 0.15) is 10.4 Å². The van der Waals surface area contributed by atoms with Gasteiger partial charge in [-0.05, 0) is 35.8 Å². The van der Waals surface area contributed by atoms with E-state index in [-0.39, 0.29) is 5.91 Å². The van der Waals surface area contributed by atoms with E-state index in [9.17, 15) is 4.79 Å². The summed E-state index contributed by atoms with van der Waals surface area (Å²) in [5, 5.41) is 20.8. The highest BCUT2D eigenvalue weighted by Gasteiger charge is 2.12. The van der Waals surface area contributed by atoms with Gasteiger partial charge in [-0.1, -0.05) is 34.1 Å². The third-order valence-corrected chi connectivity index (χ3v) is 3.02. The van der Waals surface area contributed by atoms with Crippen LogP contribution in [0.4, 0.5) is 5.69 Å². The predicted octanol–water partition coefficient (Wildman–Crippen LogP) is 1.38. The summed E-state index contributed by atoms with van der Waals surface area (Å²) in [5.41, 5.74) is 1.35. The van der Waals surface area contributed by atoms with Crippen LogP contribution in [0.3, 0.4) is 0 Å². The summed E-state index contributed by atoms with van der Waals surface area (Å²) >= 11 is 3.30. The van der Waals surface area contributed by atoms with E-state index < -0.39 is 7.12 Å². The molecule has 2 rings (SSSR count). The minimum absolute atomic E-state index is 0.258. The van der Waals surface area contributed by atoms with Crippen LogP contribution in [-0.4, -0.2) is 23.1 Å². The third kappa shape index (κ3) is 3.67. The predicted molar refractivity (Wildman–Crippen MR) is 78.4 cm³/mol. The summed E-state index contributed by atoms with van der Waals surface area (Å²) in [4.78, 5) is 12.0. The summed E-state index contributed by atoms with van der Waals surface area (Å²) in [6, 6.07) is 13.4. The molecule has 0 aliphatic rings. The number of rotatable bonds is 3. The Labute approximate surface area is 119 Å². The average molecular weight is 320 g/mol. The number of hydrogen-bond acceptors (Lipinski definition) is 3. The standard InChI is InChI=1S/C13H11BBrNO3/c15-11-5-1-3-9(7-11)13(17)16-12-6-2-4-10(8-12)14(18)19/h1-8,18-19H,(H,16,17). The van der Waals surface area contributed by atoms with Crippen LogP contribution < -0.4 is 10.8 Å². The van der Waals surface area contributed by atoms with Gasteiger partial charge >= 0.3 is 7.12 Å². The SMILES string of the molecule is O=C(Nc1cccc(B(O)O)c1)c1cccc(Br)c1. The fourth-order valence-corrected chi connectivity index (χ4v) is 2.01. The Balaban J connectivity index is 2.17.